The molecule has 0 spiro atoms. The minimum Gasteiger partial charge on any atom is -0.391 e. The average molecular weight is 323 g/mol. The van der Waals surface area contributed by atoms with Crippen LogP contribution in [0.1, 0.15) is 23.6 Å². The van der Waals surface area contributed by atoms with Crippen LogP contribution in [0.2, 0.25) is 0 Å². The number of aliphatic hydroxyl groups is 2. The van der Waals surface area contributed by atoms with Gasteiger partial charge in [0.1, 0.15) is 6.61 Å². The number of hydrogen-bond acceptors (Lipinski definition) is 4. The summed E-state index contributed by atoms with van der Waals surface area (Å²) in [4.78, 5) is 11.6. The smallest absolute Gasteiger partial charge is 0.177 e. The number of benzene rings is 2. The Kier molecular flexibility index (Phi) is 6.71. The lowest BCUT2D eigenvalue weighted by atomic mass is 10.1. The van der Waals surface area contributed by atoms with Gasteiger partial charge in [-0.05, 0) is 36.8 Å². The van der Waals surface area contributed by atoms with Crippen molar-refractivity contribution in [3.05, 3.63) is 71.3 Å². The summed E-state index contributed by atoms with van der Waals surface area (Å²) in [6, 6.07) is 16.7. The molecular formula is C20H21NO3. The van der Waals surface area contributed by atoms with Crippen molar-refractivity contribution in [2.24, 2.45) is 0 Å². The first-order chi connectivity index (χ1) is 11.6. The van der Waals surface area contributed by atoms with E-state index in [9.17, 15) is 9.90 Å². The van der Waals surface area contributed by atoms with Gasteiger partial charge in [-0.1, -0.05) is 42.2 Å². The fraction of sp³-hybridized carbons (Fsp3) is 0.250. The highest BCUT2D eigenvalue weighted by Gasteiger charge is 2.21. The van der Waals surface area contributed by atoms with Gasteiger partial charge in [0.25, 0.3) is 0 Å². The van der Waals surface area contributed by atoms with Gasteiger partial charge >= 0.3 is 0 Å². The number of hydrogen-bond donors (Lipinski definition) is 3. The molecule has 0 radical (unpaired) electrons. The molecule has 0 fully saturated rings. The van der Waals surface area contributed by atoms with E-state index in [4.69, 9.17) is 5.11 Å². The zero-order valence-corrected chi connectivity index (χ0v) is 13.6. The van der Waals surface area contributed by atoms with Gasteiger partial charge in [0.15, 0.2) is 5.78 Å². The van der Waals surface area contributed by atoms with Crippen molar-refractivity contribution in [2.45, 2.75) is 25.6 Å². The van der Waals surface area contributed by atoms with Crippen LogP contribution in [0.4, 0.5) is 0 Å². The van der Waals surface area contributed by atoms with Crippen LogP contribution in [0.5, 0.6) is 0 Å². The number of carbonyl (C=O) groups is 1. The first kappa shape index (κ1) is 17.9. The Hall–Kier alpha value is -2.45. The van der Waals surface area contributed by atoms with Crippen LogP contribution in [0, 0.1) is 11.8 Å². The van der Waals surface area contributed by atoms with Crippen molar-refractivity contribution in [3.8, 4) is 11.8 Å². The van der Waals surface area contributed by atoms with Crippen LogP contribution < -0.4 is 5.32 Å². The van der Waals surface area contributed by atoms with Crippen LogP contribution in [0.3, 0.4) is 0 Å². The maximum Gasteiger partial charge on any atom is 0.177 e. The minimum atomic E-state index is -0.860. The van der Waals surface area contributed by atoms with Gasteiger partial charge in [0.05, 0.1) is 12.1 Å². The second kappa shape index (κ2) is 8.99. The molecule has 4 nitrogen and oxygen atoms in total. The molecule has 0 unspecified atom stereocenters. The Bertz CT molecular complexity index is 712. The van der Waals surface area contributed by atoms with E-state index in [1.165, 1.54) is 6.92 Å². The Balaban J connectivity index is 1.97. The summed E-state index contributed by atoms with van der Waals surface area (Å²) in [5, 5.41) is 21.5. The van der Waals surface area contributed by atoms with Gasteiger partial charge < -0.3 is 15.5 Å². The Morgan fingerprint density at radius 3 is 2.17 bits per heavy atom. The molecule has 0 aromatic heterocycles. The zero-order valence-electron chi connectivity index (χ0n) is 13.6. The lowest BCUT2D eigenvalue weighted by Gasteiger charge is -2.19. The molecule has 24 heavy (non-hydrogen) atoms. The van der Waals surface area contributed by atoms with Gasteiger partial charge in [0, 0.05) is 17.7 Å². The van der Waals surface area contributed by atoms with Gasteiger partial charge in [-0.25, -0.2) is 0 Å². The number of carbonyl (C=O) groups excluding carboxylic acids is 1. The molecule has 0 heterocycles. The van der Waals surface area contributed by atoms with Gasteiger partial charge in [-0.2, -0.15) is 0 Å². The van der Waals surface area contributed by atoms with Gasteiger partial charge in [-0.3, -0.25) is 4.79 Å². The third-order valence-corrected chi connectivity index (χ3v) is 3.59. The number of rotatable bonds is 6. The van der Waals surface area contributed by atoms with E-state index >= 15 is 0 Å². The van der Waals surface area contributed by atoms with Crippen molar-refractivity contribution >= 4 is 5.78 Å². The third kappa shape index (κ3) is 5.32. The SMILES string of the molecule is C[C@@H](O)[C@H](NCc1ccc(C#Cc2ccccc2)cc1)C(=O)CO. The highest BCUT2D eigenvalue weighted by molar-refractivity contribution is 5.85. The number of ketones is 1. The molecule has 0 aliphatic carbocycles. The summed E-state index contributed by atoms with van der Waals surface area (Å²) in [5.41, 5.74) is 2.84. The predicted molar refractivity (Wildman–Crippen MR) is 93.3 cm³/mol. The van der Waals surface area contributed by atoms with Crippen molar-refractivity contribution in [3.63, 3.8) is 0 Å². The van der Waals surface area contributed by atoms with E-state index in [1.807, 2.05) is 54.6 Å². The highest BCUT2D eigenvalue weighted by atomic mass is 16.3. The fourth-order valence-corrected chi connectivity index (χ4v) is 2.25. The maximum absolute atomic E-state index is 11.6. The summed E-state index contributed by atoms with van der Waals surface area (Å²) < 4.78 is 0. The molecule has 2 rings (SSSR count). The summed E-state index contributed by atoms with van der Waals surface area (Å²) in [6.45, 7) is 1.36. The second-order valence-electron chi connectivity index (χ2n) is 5.54. The van der Waals surface area contributed by atoms with Crippen molar-refractivity contribution in [1.29, 1.82) is 0 Å². The molecule has 124 valence electrons. The Labute approximate surface area is 142 Å². The highest BCUT2D eigenvalue weighted by Crippen LogP contribution is 2.05. The molecule has 0 amide bonds. The molecule has 0 aliphatic rings. The van der Waals surface area contributed by atoms with E-state index in [-0.39, 0.29) is 0 Å². The molecule has 0 aliphatic heterocycles. The molecular weight excluding hydrogens is 302 g/mol. The van der Waals surface area contributed by atoms with Crippen LogP contribution >= 0.6 is 0 Å². The molecule has 0 saturated heterocycles. The molecule has 0 saturated carbocycles. The maximum atomic E-state index is 11.6. The summed E-state index contributed by atoms with van der Waals surface area (Å²) >= 11 is 0. The minimum absolute atomic E-state index is 0.421. The quantitative estimate of drug-likeness (QED) is 0.705. The Morgan fingerprint density at radius 1 is 1.04 bits per heavy atom. The molecule has 2 aromatic rings. The summed E-state index contributed by atoms with van der Waals surface area (Å²) in [7, 11) is 0. The zero-order chi connectivity index (χ0) is 17.4. The fourth-order valence-electron chi connectivity index (χ4n) is 2.25. The summed E-state index contributed by atoms with van der Waals surface area (Å²) in [5.74, 6) is 5.78. The second-order valence-corrected chi connectivity index (χ2v) is 5.54. The lowest BCUT2D eigenvalue weighted by molar-refractivity contribution is -0.126. The number of aliphatic hydroxyl groups excluding tert-OH is 2. The van der Waals surface area contributed by atoms with Crippen LogP contribution in [0.15, 0.2) is 54.6 Å². The van der Waals surface area contributed by atoms with E-state index in [2.05, 4.69) is 17.2 Å². The molecule has 2 atom stereocenters. The van der Waals surface area contributed by atoms with Gasteiger partial charge in [-0.15, -0.1) is 0 Å². The predicted octanol–water partition coefficient (Wildman–Crippen LogP) is 1.49. The van der Waals surface area contributed by atoms with Crippen LogP contribution in [0.25, 0.3) is 0 Å². The van der Waals surface area contributed by atoms with E-state index in [0.717, 1.165) is 16.7 Å². The topological polar surface area (TPSA) is 69.6 Å². The molecule has 3 N–H and O–H groups in total. The molecule has 2 aromatic carbocycles. The molecule has 4 heteroatoms. The average Bonchev–Trinajstić information content (AvgIpc) is 2.61. The van der Waals surface area contributed by atoms with Crippen LogP contribution in [-0.4, -0.2) is 34.7 Å². The van der Waals surface area contributed by atoms with Crippen molar-refractivity contribution in [1.82, 2.24) is 5.32 Å². The van der Waals surface area contributed by atoms with Crippen molar-refractivity contribution < 1.29 is 15.0 Å². The monoisotopic (exact) mass is 323 g/mol. The largest absolute Gasteiger partial charge is 0.391 e. The summed E-state index contributed by atoms with van der Waals surface area (Å²) in [6.07, 6.45) is -0.860. The Morgan fingerprint density at radius 2 is 1.62 bits per heavy atom. The third-order valence-electron chi connectivity index (χ3n) is 3.59. The van der Waals surface area contributed by atoms with E-state index in [0.29, 0.717) is 6.54 Å². The number of Topliss-reactive ketones (excluding diaryl/α,β-unsaturated/α-hetero) is 1. The van der Waals surface area contributed by atoms with E-state index in [1.54, 1.807) is 0 Å². The van der Waals surface area contributed by atoms with E-state index < -0.39 is 24.5 Å². The standard InChI is InChI=1S/C20H21NO3/c1-15(23)20(19(24)14-22)21-13-18-11-9-17(10-12-18)8-7-16-5-3-2-4-6-16/h2-6,9-12,15,20-23H,13-14H2,1H3/t15-,20+/m1/s1. The normalized spacial score (nSPS) is 12.8. The van der Waals surface area contributed by atoms with Crippen LogP contribution in [-0.2, 0) is 11.3 Å². The first-order valence-corrected chi connectivity index (χ1v) is 7.81. The van der Waals surface area contributed by atoms with Crippen molar-refractivity contribution in [2.75, 3.05) is 6.61 Å². The molecule has 0 bridgehead atoms. The number of nitrogens with one attached hydrogen (secondary N) is 1. The lowest BCUT2D eigenvalue weighted by Crippen LogP contribution is -2.45. The first-order valence-electron chi connectivity index (χ1n) is 7.81. The van der Waals surface area contributed by atoms with Gasteiger partial charge in [0.2, 0.25) is 0 Å².